The van der Waals surface area contributed by atoms with Gasteiger partial charge in [-0.3, -0.25) is 10.6 Å². The molecule has 0 saturated heterocycles. The van der Waals surface area contributed by atoms with Crippen LogP contribution in [0.5, 0.6) is 0 Å². The number of carbonyl (C=O) groups excluding carboxylic acids is 1. The first-order valence-electron chi connectivity index (χ1n) is 9.82. The van der Waals surface area contributed by atoms with Crippen molar-refractivity contribution in [3.8, 4) is 0 Å². The SMILES string of the molecule is Cc1ccc(C(=O)Cn2nc(C)[n+](N)c2C)cc1.O=S(=O)([O-])c1ccc2ccccc2c1. The van der Waals surface area contributed by atoms with E-state index in [1.807, 2.05) is 50.2 Å². The molecular formula is C23H24N4O4S. The number of nitrogen functional groups attached to an aromatic ring is 1. The predicted octanol–water partition coefficient (Wildman–Crippen LogP) is 2.44. The summed E-state index contributed by atoms with van der Waals surface area (Å²) in [6, 6.07) is 19.1. The van der Waals surface area contributed by atoms with E-state index in [0.717, 1.165) is 22.2 Å². The Hall–Kier alpha value is -3.56. The Bertz CT molecular complexity index is 1380. The number of nitrogens with two attached hydrogens (primary N) is 1. The van der Waals surface area contributed by atoms with Crippen molar-refractivity contribution in [3.05, 3.63) is 89.5 Å². The molecule has 3 aromatic carbocycles. The van der Waals surface area contributed by atoms with Crippen LogP contribution in [0.25, 0.3) is 10.8 Å². The summed E-state index contributed by atoms with van der Waals surface area (Å²) in [7, 11) is -4.34. The number of benzene rings is 3. The van der Waals surface area contributed by atoms with Gasteiger partial charge in [0.1, 0.15) is 10.1 Å². The Labute approximate surface area is 186 Å². The molecule has 4 rings (SSSR count). The molecule has 1 heterocycles. The van der Waals surface area contributed by atoms with Crippen molar-refractivity contribution in [1.82, 2.24) is 9.78 Å². The van der Waals surface area contributed by atoms with Crippen LogP contribution in [-0.4, -0.2) is 28.5 Å². The fourth-order valence-corrected chi connectivity index (χ4v) is 3.60. The van der Waals surface area contributed by atoms with Gasteiger partial charge in [0.2, 0.25) is 0 Å². The van der Waals surface area contributed by atoms with Gasteiger partial charge in [-0.25, -0.2) is 8.42 Å². The van der Waals surface area contributed by atoms with E-state index in [1.54, 1.807) is 29.8 Å². The quantitative estimate of drug-likeness (QED) is 0.220. The Kier molecular flexibility index (Phi) is 6.71. The zero-order valence-electron chi connectivity index (χ0n) is 18.0. The second-order valence-corrected chi connectivity index (χ2v) is 8.75. The molecule has 0 aliphatic rings. The van der Waals surface area contributed by atoms with E-state index < -0.39 is 10.1 Å². The van der Waals surface area contributed by atoms with Crippen molar-refractivity contribution in [2.24, 2.45) is 0 Å². The summed E-state index contributed by atoms with van der Waals surface area (Å²) in [6.07, 6.45) is 0. The van der Waals surface area contributed by atoms with E-state index in [4.69, 9.17) is 5.84 Å². The second kappa shape index (κ2) is 9.29. The third-order valence-corrected chi connectivity index (χ3v) is 5.84. The van der Waals surface area contributed by atoms with Gasteiger partial charge < -0.3 is 4.55 Å². The van der Waals surface area contributed by atoms with Crippen molar-refractivity contribution in [2.45, 2.75) is 32.2 Å². The minimum absolute atomic E-state index is 0.0289. The van der Waals surface area contributed by atoms with Gasteiger partial charge in [-0.1, -0.05) is 60.2 Å². The minimum Gasteiger partial charge on any atom is -0.744 e. The number of aryl methyl sites for hydroxylation is 2. The molecule has 0 saturated carbocycles. The molecule has 0 radical (unpaired) electrons. The molecule has 8 nitrogen and oxygen atoms in total. The van der Waals surface area contributed by atoms with Crippen LogP contribution in [0.3, 0.4) is 0 Å². The van der Waals surface area contributed by atoms with E-state index in [2.05, 4.69) is 5.10 Å². The van der Waals surface area contributed by atoms with Gasteiger partial charge in [-0.05, 0) is 29.8 Å². The Morgan fingerprint density at radius 1 is 1.00 bits per heavy atom. The van der Waals surface area contributed by atoms with Crippen LogP contribution in [0.1, 0.15) is 27.6 Å². The molecule has 0 amide bonds. The molecule has 2 N–H and O–H groups in total. The molecule has 32 heavy (non-hydrogen) atoms. The normalized spacial score (nSPS) is 11.1. The molecule has 9 heteroatoms. The van der Waals surface area contributed by atoms with Crippen molar-refractivity contribution in [1.29, 1.82) is 0 Å². The minimum atomic E-state index is -4.34. The number of carbonyl (C=O) groups is 1. The first-order valence-corrected chi connectivity index (χ1v) is 11.2. The van der Waals surface area contributed by atoms with E-state index in [-0.39, 0.29) is 17.2 Å². The molecule has 0 spiro atoms. The molecule has 0 bridgehead atoms. The zero-order valence-corrected chi connectivity index (χ0v) is 18.8. The maximum Gasteiger partial charge on any atom is 0.295 e. The topological polar surface area (TPSA) is 122 Å². The number of Topliss-reactive ketones (excluding diaryl/α,β-unsaturated/α-hetero) is 1. The van der Waals surface area contributed by atoms with Crippen LogP contribution >= 0.6 is 0 Å². The highest BCUT2D eigenvalue weighted by Gasteiger charge is 2.20. The first kappa shape index (κ1) is 23.1. The summed E-state index contributed by atoms with van der Waals surface area (Å²) in [5, 5.41) is 5.90. The van der Waals surface area contributed by atoms with Crippen LogP contribution in [0.2, 0.25) is 0 Å². The summed E-state index contributed by atoms with van der Waals surface area (Å²) < 4.78 is 35.3. The zero-order chi connectivity index (χ0) is 23.5. The molecule has 0 fully saturated rings. The number of hydrogen-bond donors (Lipinski definition) is 1. The van der Waals surface area contributed by atoms with Crippen LogP contribution < -0.4 is 10.5 Å². The first-order chi connectivity index (χ1) is 15.1. The summed E-state index contributed by atoms with van der Waals surface area (Å²) in [6.45, 7) is 5.84. The van der Waals surface area contributed by atoms with Crippen LogP contribution in [0.4, 0.5) is 0 Å². The number of ketones is 1. The standard InChI is InChI=1S/C13H17N4O.C10H8O3S/c1-9-4-6-12(7-5-9)13(18)8-16-11(3)17(14)10(2)15-16;11-14(12,13)10-6-5-8-3-1-2-4-9(8)7-10/h4-7H,8,14H2,1-3H3;1-7H,(H,11,12,13)/q+1;/p-1. The molecule has 0 unspecified atom stereocenters. The number of fused-ring (bicyclic) bond motifs is 1. The lowest BCUT2D eigenvalue weighted by molar-refractivity contribution is -0.652. The summed E-state index contributed by atoms with van der Waals surface area (Å²) in [5.74, 6) is 7.23. The van der Waals surface area contributed by atoms with Crippen LogP contribution in [0, 0.1) is 20.8 Å². The van der Waals surface area contributed by atoms with E-state index >= 15 is 0 Å². The number of rotatable bonds is 4. The molecular weight excluding hydrogens is 428 g/mol. The van der Waals surface area contributed by atoms with Gasteiger partial charge in [0.25, 0.3) is 11.6 Å². The van der Waals surface area contributed by atoms with Gasteiger partial charge in [-0.15, -0.1) is 9.36 Å². The Balaban J connectivity index is 0.000000186. The monoisotopic (exact) mass is 452 g/mol. The molecule has 0 aliphatic carbocycles. The maximum absolute atomic E-state index is 12.1. The average Bonchev–Trinajstić information content (AvgIpc) is 3.00. The second-order valence-electron chi connectivity index (χ2n) is 7.37. The van der Waals surface area contributed by atoms with Crippen LogP contribution in [0.15, 0.2) is 71.6 Å². The Morgan fingerprint density at radius 3 is 2.19 bits per heavy atom. The largest absolute Gasteiger partial charge is 0.744 e. The predicted molar refractivity (Wildman–Crippen MR) is 119 cm³/mol. The van der Waals surface area contributed by atoms with Gasteiger partial charge in [-0.2, -0.15) is 0 Å². The molecule has 0 aliphatic heterocycles. The highest BCUT2D eigenvalue weighted by atomic mass is 32.2. The number of aromatic nitrogens is 3. The molecule has 1 aromatic heterocycles. The molecule has 0 atom stereocenters. The summed E-state index contributed by atoms with van der Waals surface area (Å²) >= 11 is 0. The summed E-state index contributed by atoms with van der Waals surface area (Å²) in [5.41, 5.74) is 1.83. The highest BCUT2D eigenvalue weighted by molar-refractivity contribution is 7.85. The Morgan fingerprint density at radius 2 is 1.62 bits per heavy atom. The van der Waals surface area contributed by atoms with Crippen LogP contribution in [-0.2, 0) is 16.7 Å². The van der Waals surface area contributed by atoms with Crippen molar-refractivity contribution >= 4 is 26.7 Å². The maximum atomic E-state index is 12.1. The van der Waals surface area contributed by atoms with E-state index in [1.165, 1.54) is 16.8 Å². The van der Waals surface area contributed by atoms with Gasteiger partial charge in [0.05, 0.1) is 4.90 Å². The van der Waals surface area contributed by atoms with Gasteiger partial charge in [0, 0.05) is 24.5 Å². The van der Waals surface area contributed by atoms with E-state index in [0.29, 0.717) is 11.4 Å². The fourth-order valence-electron chi connectivity index (χ4n) is 3.09. The van der Waals surface area contributed by atoms with E-state index in [9.17, 15) is 17.8 Å². The van der Waals surface area contributed by atoms with Gasteiger partial charge in [0.15, 0.2) is 12.3 Å². The third kappa shape index (κ3) is 5.37. The highest BCUT2D eigenvalue weighted by Crippen LogP contribution is 2.18. The van der Waals surface area contributed by atoms with Crippen molar-refractivity contribution in [3.63, 3.8) is 0 Å². The number of hydrogen-bond acceptors (Lipinski definition) is 6. The smallest absolute Gasteiger partial charge is 0.295 e. The molecule has 4 aromatic rings. The third-order valence-electron chi connectivity index (χ3n) is 5.01. The lowest BCUT2D eigenvalue weighted by Crippen LogP contribution is -2.48. The lowest BCUT2D eigenvalue weighted by Gasteiger charge is -2.07. The summed E-state index contributed by atoms with van der Waals surface area (Å²) in [4.78, 5) is 11.9. The fraction of sp³-hybridized carbons (Fsp3) is 0.174. The molecule has 166 valence electrons. The van der Waals surface area contributed by atoms with Crippen molar-refractivity contribution in [2.75, 3.05) is 5.84 Å². The number of nitrogens with zero attached hydrogens (tertiary/aromatic N) is 3. The average molecular weight is 453 g/mol. The van der Waals surface area contributed by atoms with Gasteiger partial charge >= 0.3 is 0 Å². The lowest BCUT2D eigenvalue weighted by atomic mass is 10.1. The van der Waals surface area contributed by atoms with Crippen molar-refractivity contribution < 1.29 is 22.4 Å².